The van der Waals surface area contributed by atoms with E-state index >= 15 is 0 Å². The van der Waals surface area contributed by atoms with Crippen molar-refractivity contribution in [1.82, 2.24) is 15.5 Å². The summed E-state index contributed by atoms with van der Waals surface area (Å²) in [5.74, 6) is -5.83. The van der Waals surface area contributed by atoms with Crippen LogP contribution in [0.5, 0.6) is 5.75 Å². The first-order valence-corrected chi connectivity index (χ1v) is 12.9. The van der Waals surface area contributed by atoms with Crippen LogP contribution in [0.2, 0.25) is 0 Å². The van der Waals surface area contributed by atoms with Gasteiger partial charge in [-0.3, -0.25) is 19.3 Å². The molecule has 1 fully saturated rings. The normalized spacial score (nSPS) is 28.1. The van der Waals surface area contributed by atoms with Crippen molar-refractivity contribution < 1.29 is 39.9 Å². The van der Waals surface area contributed by atoms with Crippen LogP contribution in [-0.2, 0) is 20.8 Å². The van der Waals surface area contributed by atoms with Gasteiger partial charge < -0.3 is 41.1 Å². The fourth-order valence-corrected chi connectivity index (χ4v) is 6.27. The van der Waals surface area contributed by atoms with Gasteiger partial charge in [0.25, 0.3) is 5.91 Å². The van der Waals surface area contributed by atoms with E-state index in [-0.39, 0.29) is 42.3 Å². The number of nitrogens with zero attached hydrogens (tertiary/aromatic N) is 2. The van der Waals surface area contributed by atoms with E-state index in [1.165, 1.54) is 11.0 Å². The number of anilines is 1. The average Bonchev–Trinajstić information content (AvgIpc) is 2.85. The molecule has 0 saturated heterocycles. The molecule has 0 heterocycles. The van der Waals surface area contributed by atoms with Crippen molar-refractivity contribution in [2.75, 3.05) is 45.6 Å². The van der Waals surface area contributed by atoms with Crippen molar-refractivity contribution in [1.29, 1.82) is 0 Å². The second-order valence-corrected chi connectivity index (χ2v) is 10.8. The fourth-order valence-electron chi connectivity index (χ4n) is 6.17. The van der Waals surface area contributed by atoms with Crippen molar-refractivity contribution in [3.63, 3.8) is 0 Å². The molecular formula is C26H33ClN4O8. The molecule has 0 bridgehead atoms. The molecule has 7 N–H and O–H groups in total. The number of aromatic hydroxyl groups is 1. The van der Waals surface area contributed by atoms with Gasteiger partial charge in [-0.1, -0.05) is 0 Å². The SMILES string of the molecule is CN(C)c1ccc(O)c2c1C[C@H]1C[C@H]3[C@H](N(C)C)C(O)=C(C(=O)NCNC(=O)CCl)C(O)[C@@]3(O)C(=O)C1=C2O. The summed E-state index contributed by atoms with van der Waals surface area (Å²) in [6.07, 6.45) is -1.82. The highest BCUT2D eigenvalue weighted by molar-refractivity contribution is 6.27. The number of ketones is 1. The predicted octanol–water partition coefficient (Wildman–Crippen LogP) is -0.235. The van der Waals surface area contributed by atoms with E-state index in [9.17, 15) is 39.9 Å². The van der Waals surface area contributed by atoms with Gasteiger partial charge in [0.2, 0.25) is 5.91 Å². The highest BCUT2D eigenvalue weighted by Gasteiger charge is 2.64. The third kappa shape index (κ3) is 4.41. The minimum atomic E-state index is -2.58. The Kier molecular flexibility index (Phi) is 7.60. The Bertz CT molecular complexity index is 1290. The van der Waals surface area contributed by atoms with Crippen LogP contribution >= 0.6 is 11.6 Å². The topological polar surface area (TPSA) is 183 Å². The Labute approximate surface area is 230 Å². The monoisotopic (exact) mass is 564 g/mol. The van der Waals surface area contributed by atoms with E-state index in [2.05, 4.69) is 10.6 Å². The Morgan fingerprint density at radius 1 is 1.13 bits per heavy atom. The van der Waals surface area contributed by atoms with Gasteiger partial charge in [0.15, 0.2) is 11.4 Å². The zero-order valence-corrected chi connectivity index (χ0v) is 22.8. The van der Waals surface area contributed by atoms with Gasteiger partial charge in [0, 0.05) is 31.3 Å². The molecule has 1 saturated carbocycles. The van der Waals surface area contributed by atoms with Crippen LogP contribution in [0.3, 0.4) is 0 Å². The predicted molar refractivity (Wildman–Crippen MR) is 142 cm³/mol. The molecule has 2 amide bonds. The largest absolute Gasteiger partial charge is 0.510 e. The van der Waals surface area contributed by atoms with E-state index in [0.29, 0.717) is 5.56 Å². The summed E-state index contributed by atoms with van der Waals surface area (Å²) >= 11 is 5.43. The van der Waals surface area contributed by atoms with E-state index < -0.39 is 64.3 Å². The average molecular weight is 565 g/mol. The summed E-state index contributed by atoms with van der Waals surface area (Å²) < 4.78 is 0. The van der Waals surface area contributed by atoms with E-state index in [0.717, 1.165) is 5.69 Å². The van der Waals surface area contributed by atoms with Gasteiger partial charge in [-0.2, -0.15) is 0 Å². The molecular weight excluding hydrogens is 532 g/mol. The summed E-state index contributed by atoms with van der Waals surface area (Å²) in [7, 11) is 6.81. The molecule has 1 aromatic rings. The Morgan fingerprint density at radius 2 is 1.79 bits per heavy atom. The maximum Gasteiger partial charge on any atom is 0.254 e. The van der Waals surface area contributed by atoms with Crippen LogP contribution in [0.4, 0.5) is 5.69 Å². The van der Waals surface area contributed by atoms with Crippen LogP contribution in [0.25, 0.3) is 5.76 Å². The van der Waals surface area contributed by atoms with Crippen LogP contribution < -0.4 is 15.5 Å². The molecule has 3 aliphatic carbocycles. The van der Waals surface area contributed by atoms with Crippen molar-refractivity contribution in [2.24, 2.45) is 11.8 Å². The third-order valence-electron chi connectivity index (χ3n) is 7.90. The van der Waals surface area contributed by atoms with Crippen molar-refractivity contribution in [2.45, 2.75) is 30.6 Å². The number of likely N-dealkylation sites (N-methyl/N-ethyl adjacent to an activating group) is 1. The van der Waals surface area contributed by atoms with Crippen molar-refractivity contribution in [3.8, 4) is 5.75 Å². The number of phenols is 1. The molecule has 1 aromatic carbocycles. The van der Waals surface area contributed by atoms with Gasteiger partial charge in [-0.15, -0.1) is 11.6 Å². The van der Waals surface area contributed by atoms with Gasteiger partial charge in [0.05, 0.1) is 23.8 Å². The van der Waals surface area contributed by atoms with Crippen molar-refractivity contribution in [3.05, 3.63) is 40.2 Å². The van der Waals surface area contributed by atoms with Gasteiger partial charge in [0.1, 0.15) is 29.3 Å². The molecule has 0 radical (unpaired) electrons. The van der Waals surface area contributed by atoms with Crippen LogP contribution in [-0.4, -0.2) is 107 Å². The summed E-state index contributed by atoms with van der Waals surface area (Å²) in [5, 5.41) is 60.9. The number of phenolic OH excluding ortho intramolecular Hbond substituents is 1. The van der Waals surface area contributed by atoms with Gasteiger partial charge >= 0.3 is 0 Å². The van der Waals surface area contributed by atoms with Gasteiger partial charge in [-0.25, -0.2) is 0 Å². The molecule has 0 aromatic heterocycles. The smallest absolute Gasteiger partial charge is 0.254 e. The summed E-state index contributed by atoms with van der Waals surface area (Å²) in [6, 6.07) is 2.07. The van der Waals surface area contributed by atoms with E-state index in [1.807, 2.05) is 19.0 Å². The lowest BCUT2D eigenvalue weighted by atomic mass is 9.56. The maximum atomic E-state index is 14.0. The highest BCUT2D eigenvalue weighted by Crippen LogP contribution is 2.53. The second-order valence-electron chi connectivity index (χ2n) is 10.5. The number of hydrogen-bond donors (Lipinski definition) is 7. The number of aliphatic hydroxyl groups is 4. The van der Waals surface area contributed by atoms with Crippen LogP contribution in [0.15, 0.2) is 29.0 Å². The molecule has 39 heavy (non-hydrogen) atoms. The second kappa shape index (κ2) is 10.3. The first kappa shape index (κ1) is 28.7. The van der Waals surface area contributed by atoms with Crippen molar-refractivity contribution >= 4 is 40.6 Å². The molecule has 3 aliphatic rings. The molecule has 0 spiro atoms. The number of halogens is 1. The minimum absolute atomic E-state index is 0.0729. The number of aliphatic hydroxyl groups excluding tert-OH is 3. The number of fused-ring (bicyclic) bond motifs is 3. The quantitative estimate of drug-likeness (QED) is 0.180. The number of carbonyl (C=O) groups excluding carboxylic acids is 3. The summed E-state index contributed by atoms with van der Waals surface area (Å²) in [5.41, 5.74) is -1.94. The lowest BCUT2D eigenvalue weighted by molar-refractivity contribution is -0.170. The molecule has 4 rings (SSSR count). The molecule has 1 unspecified atom stereocenters. The van der Waals surface area contributed by atoms with Gasteiger partial charge in [-0.05, 0) is 50.6 Å². The summed E-state index contributed by atoms with van der Waals surface area (Å²) in [6.45, 7) is -0.380. The number of hydrogen-bond acceptors (Lipinski definition) is 10. The first-order chi connectivity index (χ1) is 18.3. The summed E-state index contributed by atoms with van der Waals surface area (Å²) in [4.78, 5) is 41.8. The lowest BCUT2D eigenvalue weighted by Gasteiger charge is -2.53. The maximum absolute atomic E-state index is 14.0. The molecule has 13 heteroatoms. The number of benzene rings is 1. The zero-order valence-electron chi connectivity index (χ0n) is 22.0. The molecule has 12 nitrogen and oxygen atoms in total. The Hall–Kier alpha value is -3.32. The van der Waals surface area contributed by atoms with Crippen LogP contribution in [0.1, 0.15) is 17.5 Å². The number of Topliss-reactive ketones (excluding diaryl/α,β-unsaturated/α-hetero) is 1. The third-order valence-corrected chi connectivity index (χ3v) is 8.14. The number of alkyl halides is 1. The first-order valence-electron chi connectivity index (χ1n) is 12.4. The molecule has 5 atom stereocenters. The van der Waals surface area contributed by atoms with E-state index in [1.54, 1.807) is 20.2 Å². The fraction of sp³-hybridized carbons (Fsp3) is 0.500. The minimum Gasteiger partial charge on any atom is -0.510 e. The zero-order chi connectivity index (χ0) is 29.0. The van der Waals surface area contributed by atoms with E-state index in [4.69, 9.17) is 11.6 Å². The molecule has 212 valence electrons. The number of rotatable bonds is 6. The number of nitrogens with one attached hydrogen (secondary N) is 2. The molecule has 0 aliphatic heterocycles. The standard InChI is InChI=1S/C26H33ClN4O8/c1-30(2)14-5-6-15(32)18-12(14)7-11-8-13-20(31(3)4)22(35)19(25(38)29-10-28-16(33)9-27)24(37)26(13,39)23(36)17(11)21(18)34/h5-6,11,13,20,24,32,34-35,37,39H,7-10H2,1-4H3,(H,28,33)(H,29,38)/t11-,13-,20-,24?,26-/m0/s1. The highest BCUT2D eigenvalue weighted by atomic mass is 35.5. The number of carbonyl (C=O) groups is 3. The Morgan fingerprint density at radius 3 is 2.38 bits per heavy atom. The van der Waals surface area contributed by atoms with Crippen LogP contribution in [0, 0.1) is 11.8 Å². The Balaban J connectivity index is 1.82. The lowest BCUT2D eigenvalue weighted by Crippen LogP contribution is -2.68. The number of amides is 2.